The van der Waals surface area contributed by atoms with E-state index in [4.69, 9.17) is 9.47 Å². The molecule has 3 heteroatoms. The molecule has 0 aliphatic rings. The van der Waals surface area contributed by atoms with Gasteiger partial charge in [0.15, 0.2) is 0 Å². The van der Waals surface area contributed by atoms with Crippen LogP contribution in [-0.2, 0) is 6.42 Å². The van der Waals surface area contributed by atoms with E-state index in [0.29, 0.717) is 23.8 Å². The molecule has 1 atom stereocenters. The number of carbonyl (C=O) groups is 1. The first-order chi connectivity index (χ1) is 16.1. The molecule has 0 heterocycles. The highest BCUT2D eigenvalue weighted by atomic mass is 16.5. The molecule has 0 saturated carbocycles. The van der Waals surface area contributed by atoms with Gasteiger partial charge in [0.1, 0.15) is 11.5 Å². The molecule has 174 valence electrons. The Morgan fingerprint density at radius 2 is 1.36 bits per heavy atom. The SMILES string of the molecule is CCCCCCOc1ccc(OC(=O)c2ccc(-c3ccc(CC(C)CC)cc3)cc2)cc1. The standard InChI is InChI=1S/C30H36O3/c1-4-6-7-8-21-32-28-17-19-29(20-18-28)33-30(31)27-15-13-26(14-16-27)25-11-9-24(10-12-25)22-23(3)5-2/h9-20,23H,4-8,21-22H2,1-3H3. The highest BCUT2D eigenvalue weighted by Crippen LogP contribution is 2.23. The smallest absolute Gasteiger partial charge is 0.343 e. The molecular formula is C30H36O3. The molecule has 0 fully saturated rings. The van der Waals surface area contributed by atoms with Gasteiger partial charge in [0, 0.05) is 0 Å². The van der Waals surface area contributed by atoms with Crippen LogP contribution in [0.25, 0.3) is 11.1 Å². The molecule has 3 aromatic rings. The quantitative estimate of drug-likeness (QED) is 0.161. The first-order valence-electron chi connectivity index (χ1n) is 12.2. The summed E-state index contributed by atoms with van der Waals surface area (Å²) in [5.74, 6) is 1.64. The molecule has 33 heavy (non-hydrogen) atoms. The van der Waals surface area contributed by atoms with E-state index < -0.39 is 0 Å². The van der Waals surface area contributed by atoms with Gasteiger partial charge in [-0.3, -0.25) is 0 Å². The third-order valence-electron chi connectivity index (χ3n) is 5.99. The summed E-state index contributed by atoms with van der Waals surface area (Å²) in [6, 6.07) is 23.5. The van der Waals surface area contributed by atoms with Crippen molar-refractivity contribution < 1.29 is 14.3 Å². The number of carbonyl (C=O) groups excluding carboxylic acids is 1. The summed E-state index contributed by atoms with van der Waals surface area (Å²) < 4.78 is 11.3. The highest BCUT2D eigenvalue weighted by Gasteiger charge is 2.10. The Hall–Kier alpha value is -3.07. The van der Waals surface area contributed by atoms with E-state index >= 15 is 0 Å². The van der Waals surface area contributed by atoms with Gasteiger partial charge in [-0.05, 0) is 71.8 Å². The van der Waals surface area contributed by atoms with E-state index in [0.717, 1.165) is 29.7 Å². The second-order valence-corrected chi connectivity index (χ2v) is 8.76. The summed E-state index contributed by atoms with van der Waals surface area (Å²) in [5, 5.41) is 0. The third kappa shape index (κ3) is 7.78. The molecule has 1 unspecified atom stereocenters. The van der Waals surface area contributed by atoms with Gasteiger partial charge in [-0.2, -0.15) is 0 Å². The summed E-state index contributed by atoms with van der Waals surface area (Å²) in [7, 11) is 0. The van der Waals surface area contributed by atoms with E-state index in [1.807, 2.05) is 36.4 Å². The zero-order valence-electron chi connectivity index (χ0n) is 20.2. The molecule has 0 spiro atoms. The normalized spacial score (nSPS) is 11.7. The van der Waals surface area contributed by atoms with Crippen molar-refractivity contribution >= 4 is 5.97 Å². The van der Waals surface area contributed by atoms with Crippen LogP contribution in [0.15, 0.2) is 72.8 Å². The van der Waals surface area contributed by atoms with Crippen molar-refractivity contribution in [3.63, 3.8) is 0 Å². The number of hydrogen-bond acceptors (Lipinski definition) is 3. The van der Waals surface area contributed by atoms with Crippen molar-refractivity contribution in [2.24, 2.45) is 5.92 Å². The topological polar surface area (TPSA) is 35.5 Å². The van der Waals surface area contributed by atoms with Crippen LogP contribution in [0.4, 0.5) is 0 Å². The lowest BCUT2D eigenvalue weighted by molar-refractivity contribution is 0.0734. The van der Waals surface area contributed by atoms with Crippen molar-refractivity contribution in [2.45, 2.75) is 59.3 Å². The van der Waals surface area contributed by atoms with Gasteiger partial charge in [0.25, 0.3) is 0 Å². The molecule has 0 aliphatic heterocycles. The monoisotopic (exact) mass is 444 g/mol. The van der Waals surface area contributed by atoms with Crippen molar-refractivity contribution in [3.05, 3.63) is 83.9 Å². The molecule has 3 rings (SSSR count). The summed E-state index contributed by atoms with van der Waals surface area (Å²) in [4.78, 5) is 12.5. The van der Waals surface area contributed by atoms with Crippen LogP contribution in [0.2, 0.25) is 0 Å². The maximum atomic E-state index is 12.5. The van der Waals surface area contributed by atoms with Crippen molar-refractivity contribution in [1.29, 1.82) is 0 Å². The van der Waals surface area contributed by atoms with Gasteiger partial charge in [0.05, 0.1) is 12.2 Å². The minimum Gasteiger partial charge on any atom is -0.494 e. The van der Waals surface area contributed by atoms with Gasteiger partial charge >= 0.3 is 5.97 Å². The largest absolute Gasteiger partial charge is 0.494 e. The number of rotatable bonds is 12. The number of unbranched alkanes of at least 4 members (excludes halogenated alkanes) is 3. The Balaban J connectivity index is 1.52. The van der Waals surface area contributed by atoms with Crippen LogP contribution < -0.4 is 9.47 Å². The molecule has 3 nitrogen and oxygen atoms in total. The minimum absolute atomic E-state index is 0.362. The number of ether oxygens (including phenoxy) is 2. The Labute approximate surface area is 198 Å². The molecular weight excluding hydrogens is 408 g/mol. The fraction of sp³-hybridized carbons (Fsp3) is 0.367. The van der Waals surface area contributed by atoms with Crippen molar-refractivity contribution in [2.75, 3.05) is 6.61 Å². The molecule has 0 amide bonds. The molecule has 0 radical (unpaired) electrons. The Morgan fingerprint density at radius 1 is 0.758 bits per heavy atom. The maximum absolute atomic E-state index is 12.5. The van der Waals surface area contributed by atoms with E-state index in [1.165, 1.54) is 31.2 Å². The maximum Gasteiger partial charge on any atom is 0.343 e. The summed E-state index contributed by atoms with van der Waals surface area (Å²) in [6.45, 7) is 7.42. The predicted octanol–water partition coefficient (Wildman–Crippen LogP) is 8.12. The lowest BCUT2D eigenvalue weighted by atomic mass is 9.96. The van der Waals surface area contributed by atoms with Crippen LogP contribution in [0.3, 0.4) is 0 Å². The number of esters is 1. The Kier molecular flexibility index (Phi) is 9.56. The minimum atomic E-state index is -0.362. The highest BCUT2D eigenvalue weighted by molar-refractivity contribution is 5.91. The van der Waals surface area contributed by atoms with E-state index in [-0.39, 0.29) is 5.97 Å². The van der Waals surface area contributed by atoms with Crippen molar-refractivity contribution in [1.82, 2.24) is 0 Å². The molecule has 0 aromatic heterocycles. The van der Waals surface area contributed by atoms with Gasteiger partial charge in [0.2, 0.25) is 0 Å². The average Bonchev–Trinajstić information content (AvgIpc) is 2.85. The lowest BCUT2D eigenvalue weighted by Gasteiger charge is -2.10. The van der Waals surface area contributed by atoms with E-state index in [9.17, 15) is 4.79 Å². The fourth-order valence-electron chi connectivity index (χ4n) is 3.67. The van der Waals surface area contributed by atoms with Crippen molar-refractivity contribution in [3.8, 4) is 22.6 Å². The molecule has 0 bridgehead atoms. The average molecular weight is 445 g/mol. The van der Waals surface area contributed by atoms with Gasteiger partial charge in [-0.1, -0.05) is 82.9 Å². The molecule has 0 N–H and O–H groups in total. The second-order valence-electron chi connectivity index (χ2n) is 8.76. The zero-order valence-corrected chi connectivity index (χ0v) is 20.2. The fourth-order valence-corrected chi connectivity index (χ4v) is 3.67. The zero-order chi connectivity index (χ0) is 23.5. The van der Waals surface area contributed by atoms with Crippen LogP contribution in [0.5, 0.6) is 11.5 Å². The van der Waals surface area contributed by atoms with E-state index in [1.54, 1.807) is 12.1 Å². The molecule has 3 aromatic carbocycles. The summed E-state index contributed by atoms with van der Waals surface area (Å²) in [6.07, 6.45) is 7.00. The number of benzene rings is 3. The van der Waals surface area contributed by atoms with Crippen LogP contribution in [0.1, 0.15) is 68.8 Å². The first-order valence-corrected chi connectivity index (χ1v) is 12.2. The van der Waals surface area contributed by atoms with Gasteiger partial charge in [-0.25, -0.2) is 4.79 Å². The Morgan fingerprint density at radius 3 is 1.97 bits per heavy atom. The third-order valence-corrected chi connectivity index (χ3v) is 5.99. The van der Waals surface area contributed by atoms with Gasteiger partial charge < -0.3 is 9.47 Å². The molecule has 0 aliphatic carbocycles. The second kappa shape index (κ2) is 12.8. The summed E-state index contributed by atoms with van der Waals surface area (Å²) >= 11 is 0. The van der Waals surface area contributed by atoms with Crippen LogP contribution >= 0.6 is 0 Å². The first kappa shape index (κ1) is 24.6. The van der Waals surface area contributed by atoms with E-state index in [2.05, 4.69) is 45.0 Å². The lowest BCUT2D eigenvalue weighted by Crippen LogP contribution is -2.08. The number of hydrogen-bond donors (Lipinski definition) is 0. The Bertz CT molecular complexity index is 973. The molecule has 0 saturated heterocycles. The van der Waals surface area contributed by atoms with Crippen LogP contribution in [-0.4, -0.2) is 12.6 Å². The van der Waals surface area contributed by atoms with Gasteiger partial charge in [-0.15, -0.1) is 0 Å². The van der Waals surface area contributed by atoms with Crippen LogP contribution in [0, 0.1) is 5.92 Å². The predicted molar refractivity (Wildman–Crippen MR) is 136 cm³/mol. The summed E-state index contributed by atoms with van der Waals surface area (Å²) in [5.41, 5.74) is 4.12.